The van der Waals surface area contributed by atoms with Crippen LogP contribution in [0.25, 0.3) is 0 Å². The number of hydrogen-bond acceptors (Lipinski definition) is 5. The van der Waals surface area contributed by atoms with Gasteiger partial charge in [-0.25, -0.2) is 4.57 Å². The molecule has 4 atom stereocenters. The van der Waals surface area contributed by atoms with Crippen molar-refractivity contribution in [3.05, 3.63) is 0 Å². The van der Waals surface area contributed by atoms with E-state index in [1.807, 2.05) is 13.8 Å². The van der Waals surface area contributed by atoms with E-state index in [-0.39, 0.29) is 19.1 Å². The van der Waals surface area contributed by atoms with Gasteiger partial charge in [0.2, 0.25) is 0 Å². The molecule has 0 aromatic carbocycles. The topological polar surface area (TPSA) is 85.2 Å². The monoisotopic (exact) mass is 278 g/mol. The molecule has 0 spiro atoms. The van der Waals surface area contributed by atoms with E-state index in [2.05, 4.69) is 0 Å². The van der Waals surface area contributed by atoms with Gasteiger partial charge in [0.05, 0.1) is 18.8 Å². The Morgan fingerprint density at radius 2 is 2.11 bits per heavy atom. The molecule has 8 heteroatoms. The lowest BCUT2D eigenvalue weighted by Gasteiger charge is -2.23. The SMILES string of the molecule is [B]C1CC(OP(=O)(O)OC(CC)CC)C(CO)O1. The van der Waals surface area contributed by atoms with Crippen molar-refractivity contribution in [3.8, 4) is 0 Å². The quantitative estimate of drug-likeness (QED) is 0.532. The first kappa shape index (κ1) is 16.2. The van der Waals surface area contributed by atoms with Crippen LogP contribution in [0.15, 0.2) is 0 Å². The van der Waals surface area contributed by atoms with Crippen LogP contribution in [-0.4, -0.2) is 48.8 Å². The molecule has 0 aromatic heterocycles. The van der Waals surface area contributed by atoms with E-state index in [0.29, 0.717) is 12.8 Å². The molecule has 0 aliphatic carbocycles. The van der Waals surface area contributed by atoms with E-state index in [4.69, 9.17) is 26.7 Å². The van der Waals surface area contributed by atoms with Crippen LogP contribution in [0.2, 0.25) is 0 Å². The van der Waals surface area contributed by atoms with Crippen LogP contribution < -0.4 is 0 Å². The second kappa shape index (κ2) is 7.03. The van der Waals surface area contributed by atoms with Crippen molar-refractivity contribution >= 4 is 15.7 Å². The maximum atomic E-state index is 11.8. The van der Waals surface area contributed by atoms with Crippen molar-refractivity contribution in [2.45, 2.75) is 57.4 Å². The highest BCUT2D eigenvalue weighted by Crippen LogP contribution is 2.48. The van der Waals surface area contributed by atoms with Crippen molar-refractivity contribution in [3.63, 3.8) is 0 Å². The third-order valence-electron chi connectivity index (χ3n) is 2.87. The summed E-state index contributed by atoms with van der Waals surface area (Å²) in [6, 6.07) is -0.597. The Bertz CT molecular complexity index is 298. The predicted molar refractivity (Wildman–Crippen MR) is 66.3 cm³/mol. The summed E-state index contributed by atoms with van der Waals surface area (Å²) >= 11 is 0. The van der Waals surface area contributed by atoms with Gasteiger partial charge in [0.1, 0.15) is 14.0 Å². The maximum absolute atomic E-state index is 11.8. The molecular weight excluding hydrogens is 258 g/mol. The van der Waals surface area contributed by atoms with E-state index in [9.17, 15) is 9.46 Å². The van der Waals surface area contributed by atoms with Gasteiger partial charge in [-0.1, -0.05) is 13.8 Å². The summed E-state index contributed by atoms with van der Waals surface area (Å²) in [5, 5.41) is 9.05. The van der Waals surface area contributed by atoms with Crippen molar-refractivity contribution in [1.29, 1.82) is 0 Å². The van der Waals surface area contributed by atoms with Gasteiger partial charge in [0, 0.05) is 6.00 Å². The molecule has 0 bridgehead atoms. The summed E-state index contributed by atoms with van der Waals surface area (Å²) in [6.07, 6.45) is -0.254. The molecule has 0 amide bonds. The third-order valence-corrected chi connectivity index (χ3v) is 3.97. The first-order valence-electron chi connectivity index (χ1n) is 6.13. The molecule has 2 radical (unpaired) electrons. The highest BCUT2D eigenvalue weighted by molar-refractivity contribution is 7.47. The number of aliphatic hydroxyl groups is 1. The van der Waals surface area contributed by atoms with Crippen molar-refractivity contribution in [2.75, 3.05) is 6.61 Å². The molecule has 1 saturated heterocycles. The second-order valence-corrected chi connectivity index (χ2v) is 5.65. The van der Waals surface area contributed by atoms with E-state index in [0.717, 1.165) is 0 Å². The van der Waals surface area contributed by atoms with Gasteiger partial charge < -0.3 is 14.7 Å². The highest BCUT2D eigenvalue weighted by Gasteiger charge is 2.39. The normalized spacial score (nSPS) is 31.7. The fourth-order valence-electron chi connectivity index (χ4n) is 1.84. The Hall–Kier alpha value is 0.0949. The smallest absolute Gasteiger partial charge is 0.394 e. The molecule has 1 aliphatic heterocycles. The molecule has 0 saturated carbocycles. The summed E-state index contributed by atoms with van der Waals surface area (Å²) in [5.41, 5.74) is 0. The largest absolute Gasteiger partial charge is 0.472 e. The second-order valence-electron chi connectivity index (χ2n) is 4.29. The molecule has 1 aliphatic rings. The van der Waals surface area contributed by atoms with Gasteiger partial charge in [-0.2, -0.15) is 0 Å². The predicted octanol–water partition coefficient (Wildman–Crippen LogP) is 0.953. The van der Waals surface area contributed by atoms with Crippen molar-refractivity contribution < 1.29 is 28.3 Å². The van der Waals surface area contributed by atoms with Gasteiger partial charge in [-0.05, 0) is 19.3 Å². The van der Waals surface area contributed by atoms with Crippen molar-refractivity contribution in [1.82, 2.24) is 0 Å². The zero-order valence-corrected chi connectivity index (χ0v) is 11.6. The van der Waals surface area contributed by atoms with Gasteiger partial charge in [-0.15, -0.1) is 0 Å². The zero-order chi connectivity index (χ0) is 13.8. The number of phosphoric ester groups is 1. The third kappa shape index (κ3) is 4.65. The number of ether oxygens (including phenoxy) is 1. The average molecular weight is 278 g/mol. The number of aliphatic hydroxyl groups excluding tert-OH is 1. The fraction of sp³-hybridized carbons (Fsp3) is 1.00. The molecule has 6 nitrogen and oxygen atoms in total. The van der Waals surface area contributed by atoms with E-state index >= 15 is 0 Å². The Labute approximate surface area is 109 Å². The Kier molecular flexibility index (Phi) is 6.31. The summed E-state index contributed by atoms with van der Waals surface area (Å²) < 4.78 is 27.0. The average Bonchev–Trinajstić information content (AvgIpc) is 2.65. The lowest BCUT2D eigenvalue weighted by Crippen LogP contribution is -2.27. The summed E-state index contributed by atoms with van der Waals surface area (Å²) in [5.74, 6) is 0. The summed E-state index contributed by atoms with van der Waals surface area (Å²) in [7, 11) is 1.38. The summed E-state index contributed by atoms with van der Waals surface area (Å²) in [6.45, 7) is 3.40. The Morgan fingerprint density at radius 3 is 2.61 bits per heavy atom. The molecule has 18 heavy (non-hydrogen) atoms. The molecule has 0 aromatic rings. The van der Waals surface area contributed by atoms with Crippen molar-refractivity contribution in [2.24, 2.45) is 0 Å². The molecule has 1 fully saturated rings. The molecule has 104 valence electrons. The van der Waals surface area contributed by atoms with Crippen LogP contribution in [0.1, 0.15) is 33.1 Å². The van der Waals surface area contributed by atoms with Crippen LogP contribution in [0, 0.1) is 0 Å². The number of rotatable bonds is 7. The van der Waals surface area contributed by atoms with Crippen LogP contribution in [0.4, 0.5) is 0 Å². The van der Waals surface area contributed by atoms with Crippen LogP contribution >= 0.6 is 7.82 Å². The lowest BCUT2D eigenvalue weighted by molar-refractivity contribution is -0.0118. The Balaban J connectivity index is 2.56. The van der Waals surface area contributed by atoms with E-state index in [1.54, 1.807) is 0 Å². The molecule has 1 heterocycles. The molecular formula is C10H20BO6P. The standard InChI is InChI=1S/C10H20BO6P/c1-3-7(4-2)16-18(13,14)17-8-5-10(11)15-9(8)6-12/h7-10,12H,3-6H2,1-2H3,(H,13,14). The first-order valence-corrected chi connectivity index (χ1v) is 7.62. The van der Waals surface area contributed by atoms with Gasteiger partial charge in [0.25, 0.3) is 0 Å². The molecule has 1 rings (SSSR count). The number of phosphoric acid groups is 1. The molecule has 2 N–H and O–H groups in total. The van der Waals surface area contributed by atoms with Gasteiger partial charge in [-0.3, -0.25) is 9.05 Å². The van der Waals surface area contributed by atoms with Crippen LogP contribution in [-0.2, 0) is 18.3 Å². The minimum atomic E-state index is -4.15. The lowest BCUT2D eigenvalue weighted by atomic mass is 9.96. The van der Waals surface area contributed by atoms with Gasteiger partial charge >= 0.3 is 7.82 Å². The molecule has 4 unspecified atom stereocenters. The highest BCUT2D eigenvalue weighted by atomic mass is 31.2. The fourth-order valence-corrected chi connectivity index (χ4v) is 3.13. The Morgan fingerprint density at radius 1 is 1.50 bits per heavy atom. The first-order chi connectivity index (χ1) is 8.41. The van der Waals surface area contributed by atoms with Crippen LogP contribution in [0.3, 0.4) is 0 Å². The minimum absolute atomic E-state index is 0.252. The van der Waals surface area contributed by atoms with Gasteiger partial charge in [0.15, 0.2) is 0 Å². The van der Waals surface area contributed by atoms with E-state index < -0.39 is 26.0 Å². The van der Waals surface area contributed by atoms with Crippen LogP contribution in [0.5, 0.6) is 0 Å². The van der Waals surface area contributed by atoms with E-state index in [1.165, 1.54) is 0 Å². The number of hydrogen-bond donors (Lipinski definition) is 2. The minimum Gasteiger partial charge on any atom is -0.394 e. The maximum Gasteiger partial charge on any atom is 0.472 e. The summed E-state index contributed by atoms with van der Waals surface area (Å²) in [4.78, 5) is 9.64. The zero-order valence-electron chi connectivity index (χ0n) is 10.7.